The molecule has 0 radical (unpaired) electrons. The molecule has 0 unspecified atom stereocenters. The van der Waals surface area contributed by atoms with Gasteiger partial charge in [-0.3, -0.25) is 5.84 Å². The van der Waals surface area contributed by atoms with Gasteiger partial charge in [0.25, 0.3) is 0 Å². The van der Waals surface area contributed by atoms with Gasteiger partial charge < -0.3 is 5.11 Å². The fourth-order valence-electron chi connectivity index (χ4n) is 0.949. The van der Waals surface area contributed by atoms with E-state index in [4.69, 9.17) is 17.4 Å². The van der Waals surface area contributed by atoms with Crippen LogP contribution < -0.4 is 5.84 Å². The fourth-order valence-corrected chi connectivity index (χ4v) is 1.14. The molecular weight excluding hydrogens is 176 g/mol. The zero-order valence-corrected chi connectivity index (χ0v) is 7.54. The van der Waals surface area contributed by atoms with Crippen LogP contribution in [-0.4, -0.2) is 17.2 Å². The van der Waals surface area contributed by atoms with Crippen LogP contribution in [0.5, 0.6) is 5.75 Å². The number of hydrogen-bond donors (Lipinski definition) is 2. The third-order valence-electron chi connectivity index (χ3n) is 1.46. The average molecular weight is 187 g/mol. The molecule has 1 aromatic carbocycles. The Morgan fingerprint density at radius 1 is 1.58 bits per heavy atom. The number of hydrazine groups is 1. The summed E-state index contributed by atoms with van der Waals surface area (Å²) in [5.74, 6) is 5.64. The Morgan fingerprint density at radius 2 is 2.25 bits per heavy atom. The van der Waals surface area contributed by atoms with Crippen molar-refractivity contribution in [2.24, 2.45) is 5.84 Å². The predicted molar refractivity (Wildman–Crippen MR) is 48.8 cm³/mol. The second kappa shape index (κ2) is 3.76. The van der Waals surface area contributed by atoms with Crippen molar-refractivity contribution in [1.82, 2.24) is 5.01 Å². The number of hydrogen-bond acceptors (Lipinski definition) is 3. The van der Waals surface area contributed by atoms with Crippen LogP contribution in [0.1, 0.15) is 5.56 Å². The summed E-state index contributed by atoms with van der Waals surface area (Å²) in [6.45, 7) is 0.479. The first-order valence-corrected chi connectivity index (χ1v) is 3.90. The number of aromatic hydroxyl groups is 1. The van der Waals surface area contributed by atoms with Crippen molar-refractivity contribution in [3.63, 3.8) is 0 Å². The lowest BCUT2D eigenvalue weighted by Crippen LogP contribution is -2.24. The summed E-state index contributed by atoms with van der Waals surface area (Å²) in [6, 6.07) is 4.89. The van der Waals surface area contributed by atoms with Gasteiger partial charge in [0.1, 0.15) is 5.75 Å². The Morgan fingerprint density at radius 3 is 2.83 bits per heavy atom. The molecule has 0 aliphatic carbocycles. The number of benzene rings is 1. The first kappa shape index (κ1) is 9.32. The Labute approximate surface area is 76.3 Å². The van der Waals surface area contributed by atoms with Crippen molar-refractivity contribution in [1.29, 1.82) is 0 Å². The maximum Gasteiger partial charge on any atom is 0.120 e. The highest BCUT2D eigenvalue weighted by molar-refractivity contribution is 6.30. The summed E-state index contributed by atoms with van der Waals surface area (Å²) in [7, 11) is 1.72. The van der Waals surface area contributed by atoms with Gasteiger partial charge in [-0.2, -0.15) is 0 Å². The highest BCUT2D eigenvalue weighted by atomic mass is 35.5. The molecule has 0 heterocycles. The number of halogens is 1. The summed E-state index contributed by atoms with van der Waals surface area (Å²) in [5.41, 5.74) is 0.729. The molecular formula is C8H11ClN2O. The maximum atomic E-state index is 9.34. The van der Waals surface area contributed by atoms with Crippen LogP contribution in [0.2, 0.25) is 5.02 Å². The number of rotatable bonds is 2. The van der Waals surface area contributed by atoms with Crippen LogP contribution in [-0.2, 0) is 6.54 Å². The lowest BCUT2D eigenvalue weighted by molar-refractivity contribution is 0.333. The van der Waals surface area contributed by atoms with Crippen LogP contribution in [0.3, 0.4) is 0 Å². The molecule has 3 N–H and O–H groups in total. The van der Waals surface area contributed by atoms with Crippen LogP contribution in [0.25, 0.3) is 0 Å². The van der Waals surface area contributed by atoms with E-state index in [1.807, 2.05) is 0 Å². The lowest BCUT2D eigenvalue weighted by atomic mass is 10.2. The van der Waals surface area contributed by atoms with Gasteiger partial charge >= 0.3 is 0 Å². The second-order valence-corrected chi connectivity index (χ2v) is 3.12. The number of phenolic OH excluding ortho intramolecular Hbond substituents is 1. The van der Waals surface area contributed by atoms with E-state index in [2.05, 4.69) is 0 Å². The fraction of sp³-hybridized carbons (Fsp3) is 0.250. The van der Waals surface area contributed by atoms with Crippen LogP contribution >= 0.6 is 11.6 Å². The molecule has 4 heteroatoms. The van der Waals surface area contributed by atoms with Crippen molar-refractivity contribution >= 4 is 11.6 Å². The third kappa shape index (κ3) is 2.37. The van der Waals surface area contributed by atoms with E-state index in [1.165, 1.54) is 5.01 Å². The molecule has 66 valence electrons. The third-order valence-corrected chi connectivity index (χ3v) is 1.70. The number of nitrogens with two attached hydrogens (primary N) is 1. The van der Waals surface area contributed by atoms with Gasteiger partial charge in [0.05, 0.1) is 0 Å². The van der Waals surface area contributed by atoms with E-state index in [9.17, 15) is 5.11 Å². The minimum absolute atomic E-state index is 0.219. The Balaban J connectivity index is 2.90. The molecule has 12 heavy (non-hydrogen) atoms. The molecule has 0 amide bonds. The van der Waals surface area contributed by atoms with Gasteiger partial charge in [0.15, 0.2) is 0 Å². The Hall–Kier alpha value is -0.770. The Bertz CT molecular complexity index is 276. The largest absolute Gasteiger partial charge is 0.508 e. The van der Waals surface area contributed by atoms with Gasteiger partial charge in [0.2, 0.25) is 0 Å². The molecule has 3 nitrogen and oxygen atoms in total. The lowest BCUT2D eigenvalue weighted by Gasteiger charge is -2.10. The van der Waals surface area contributed by atoms with Crippen molar-refractivity contribution < 1.29 is 5.11 Å². The van der Waals surface area contributed by atoms with Gasteiger partial charge in [-0.25, -0.2) is 5.01 Å². The van der Waals surface area contributed by atoms with Crippen LogP contribution in [0.15, 0.2) is 18.2 Å². The van der Waals surface area contributed by atoms with Crippen molar-refractivity contribution in [3.05, 3.63) is 28.8 Å². The van der Waals surface area contributed by atoms with Crippen LogP contribution in [0, 0.1) is 0 Å². The van der Waals surface area contributed by atoms with E-state index >= 15 is 0 Å². The summed E-state index contributed by atoms with van der Waals surface area (Å²) in [5, 5.41) is 11.4. The smallest absolute Gasteiger partial charge is 0.120 e. The maximum absolute atomic E-state index is 9.34. The number of nitrogens with zero attached hydrogens (tertiary/aromatic N) is 1. The van der Waals surface area contributed by atoms with E-state index in [0.29, 0.717) is 11.6 Å². The van der Waals surface area contributed by atoms with E-state index in [0.717, 1.165) is 5.56 Å². The first-order chi connectivity index (χ1) is 5.59. The minimum Gasteiger partial charge on any atom is -0.508 e. The SMILES string of the molecule is CN(N)Cc1cc(Cl)ccc1O. The first-order valence-electron chi connectivity index (χ1n) is 3.53. The molecule has 0 saturated heterocycles. The standard InChI is InChI=1S/C8H11ClN2O/c1-11(10)5-6-4-7(9)2-3-8(6)12/h2-4,12H,5,10H2,1H3. The normalized spacial score (nSPS) is 10.7. The van der Waals surface area contributed by atoms with E-state index < -0.39 is 0 Å². The van der Waals surface area contributed by atoms with Crippen molar-refractivity contribution in [2.75, 3.05) is 7.05 Å². The molecule has 0 aliphatic heterocycles. The number of phenols is 1. The highest BCUT2D eigenvalue weighted by Gasteiger charge is 2.02. The second-order valence-electron chi connectivity index (χ2n) is 2.69. The zero-order chi connectivity index (χ0) is 9.14. The van der Waals surface area contributed by atoms with Crippen molar-refractivity contribution in [2.45, 2.75) is 6.54 Å². The quantitative estimate of drug-likeness (QED) is 0.542. The van der Waals surface area contributed by atoms with E-state index in [-0.39, 0.29) is 5.75 Å². The monoisotopic (exact) mass is 186 g/mol. The molecule has 0 atom stereocenters. The summed E-state index contributed by atoms with van der Waals surface area (Å²) in [6.07, 6.45) is 0. The molecule has 0 fully saturated rings. The molecule has 1 rings (SSSR count). The van der Waals surface area contributed by atoms with E-state index in [1.54, 1.807) is 25.2 Å². The zero-order valence-electron chi connectivity index (χ0n) is 6.79. The van der Waals surface area contributed by atoms with Gasteiger partial charge in [0, 0.05) is 24.2 Å². The molecule has 0 saturated carbocycles. The van der Waals surface area contributed by atoms with Gasteiger partial charge in [-0.15, -0.1) is 0 Å². The summed E-state index contributed by atoms with van der Waals surface area (Å²) < 4.78 is 0. The average Bonchev–Trinajstić information content (AvgIpc) is 1.96. The molecule has 1 aromatic rings. The molecule has 0 aliphatic rings. The predicted octanol–water partition coefficient (Wildman–Crippen LogP) is 1.35. The van der Waals surface area contributed by atoms with Crippen molar-refractivity contribution in [3.8, 4) is 5.75 Å². The van der Waals surface area contributed by atoms with Gasteiger partial charge in [-0.05, 0) is 18.2 Å². The highest BCUT2D eigenvalue weighted by Crippen LogP contribution is 2.21. The molecule has 0 bridgehead atoms. The molecule has 0 spiro atoms. The minimum atomic E-state index is 0.219. The Kier molecular flexibility index (Phi) is 2.92. The topological polar surface area (TPSA) is 49.5 Å². The summed E-state index contributed by atoms with van der Waals surface area (Å²) >= 11 is 5.73. The molecule has 0 aromatic heterocycles. The summed E-state index contributed by atoms with van der Waals surface area (Å²) in [4.78, 5) is 0. The van der Waals surface area contributed by atoms with Gasteiger partial charge in [-0.1, -0.05) is 11.6 Å². The van der Waals surface area contributed by atoms with Crippen LogP contribution in [0.4, 0.5) is 0 Å².